The second kappa shape index (κ2) is 5.01. The van der Waals surface area contributed by atoms with E-state index in [0.29, 0.717) is 17.1 Å². The molecule has 17 heavy (non-hydrogen) atoms. The molecule has 2 atom stereocenters. The molecule has 2 N–H and O–H groups in total. The van der Waals surface area contributed by atoms with Gasteiger partial charge in [0.05, 0.1) is 6.20 Å². The fraction of sp³-hybridized carbons (Fsp3) is 0.636. The zero-order valence-corrected chi connectivity index (χ0v) is 10.8. The average molecular weight is 255 g/mol. The Balaban J connectivity index is 1.98. The molecule has 0 amide bonds. The van der Waals surface area contributed by atoms with Crippen molar-refractivity contribution < 1.29 is 9.90 Å². The van der Waals surface area contributed by atoms with Gasteiger partial charge in [0.15, 0.2) is 5.13 Å². The predicted molar refractivity (Wildman–Crippen MR) is 67.8 cm³/mol. The summed E-state index contributed by atoms with van der Waals surface area (Å²) in [6.45, 7) is 4.34. The van der Waals surface area contributed by atoms with E-state index >= 15 is 0 Å². The van der Waals surface area contributed by atoms with Gasteiger partial charge in [-0.3, -0.25) is 0 Å². The standard InChI is InChI=1S/C11H17N3O2S/c1-7-6-14(2)4-3-8(7)13-11-12-5-9(17-11)10(15)16/h5,7-8H,3-4,6H2,1-2H3,(H,12,13)(H,15,16). The number of thiazole rings is 1. The summed E-state index contributed by atoms with van der Waals surface area (Å²) in [7, 11) is 2.12. The number of aromatic nitrogens is 1. The number of carbonyl (C=O) groups is 1. The molecule has 2 unspecified atom stereocenters. The number of nitrogens with one attached hydrogen (secondary N) is 1. The van der Waals surface area contributed by atoms with Crippen LogP contribution in [0.4, 0.5) is 5.13 Å². The van der Waals surface area contributed by atoms with Crippen LogP contribution in [-0.4, -0.2) is 47.1 Å². The van der Waals surface area contributed by atoms with Crippen molar-refractivity contribution >= 4 is 22.4 Å². The fourth-order valence-corrected chi connectivity index (χ4v) is 2.88. The van der Waals surface area contributed by atoms with Gasteiger partial charge < -0.3 is 15.3 Å². The molecule has 5 nitrogen and oxygen atoms in total. The maximum Gasteiger partial charge on any atom is 0.347 e. The first-order valence-electron chi connectivity index (χ1n) is 5.70. The SMILES string of the molecule is CC1CN(C)CCC1Nc1ncc(C(=O)O)s1. The van der Waals surface area contributed by atoms with Crippen molar-refractivity contribution in [3.8, 4) is 0 Å². The van der Waals surface area contributed by atoms with Crippen LogP contribution < -0.4 is 5.32 Å². The highest BCUT2D eigenvalue weighted by atomic mass is 32.1. The summed E-state index contributed by atoms with van der Waals surface area (Å²) in [6, 6.07) is 0.388. The highest BCUT2D eigenvalue weighted by molar-refractivity contribution is 7.17. The van der Waals surface area contributed by atoms with Gasteiger partial charge in [-0.15, -0.1) is 0 Å². The van der Waals surface area contributed by atoms with E-state index in [1.807, 2.05) is 0 Å². The normalized spacial score (nSPS) is 25.8. The third kappa shape index (κ3) is 2.95. The van der Waals surface area contributed by atoms with Gasteiger partial charge in [-0.1, -0.05) is 18.3 Å². The second-order valence-corrected chi connectivity index (χ2v) is 5.64. The Bertz CT molecular complexity index is 407. The van der Waals surface area contributed by atoms with Gasteiger partial charge in [0.25, 0.3) is 0 Å². The minimum absolute atomic E-state index is 0.285. The number of rotatable bonds is 3. The van der Waals surface area contributed by atoms with Gasteiger partial charge in [-0.05, 0) is 25.9 Å². The fourth-order valence-electron chi connectivity index (χ4n) is 2.17. The Labute approximate surface area is 104 Å². The van der Waals surface area contributed by atoms with Gasteiger partial charge in [-0.25, -0.2) is 9.78 Å². The topological polar surface area (TPSA) is 65.5 Å². The maximum atomic E-state index is 10.7. The van der Waals surface area contributed by atoms with Crippen LogP contribution in [-0.2, 0) is 0 Å². The molecule has 0 bridgehead atoms. The number of anilines is 1. The Kier molecular flexibility index (Phi) is 3.63. The van der Waals surface area contributed by atoms with E-state index in [1.54, 1.807) is 0 Å². The highest BCUT2D eigenvalue weighted by Gasteiger charge is 2.24. The van der Waals surface area contributed by atoms with Crippen LogP contribution in [0.2, 0.25) is 0 Å². The van der Waals surface area contributed by atoms with Crippen LogP contribution in [0.25, 0.3) is 0 Å². The molecule has 1 aromatic rings. The molecule has 0 saturated carbocycles. The Morgan fingerprint density at radius 3 is 3.06 bits per heavy atom. The van der Waals surface area contributed by atoms with Crippen LogP contribution in [0.5, 0.6) is 0 Å². The minimum atomic E-state index is -0.910. The summed E-state index contributed by atoms with van der Waals surface area (Å²) in [5, 5.41) is 12.9. The van der Waals surface area contributed by atoms with Gasteiger partial charge in [0.1, 0.15) is 4.88 Å². The number of carboxylic acid groups (broad SMARTS) is 1. The lowest BCUT2D eigenvalue weighted by Crippen LogP contribution is -2.43. The molecule has 0 radical (unpaired) electrons. The molecule has 94 valence electrons. The van der Waals surface area contributed by atoms with Crippen LogP contribution >= 0.6 is 11.3 Å². The first-order valence-corrected chi connectivity index (χ1v) is 6.52. The predicted octanol–water partition coefficient (Wildman–Crippen LogP) is 1.59. The van der Waals surface area contributed by atoms with Crippen LogP contribution in [0.1, 0.15) is 23.0 Å². The first kappa shape index (κ1) is 12.3. The van der Waals surface area contributed by atoms with E-state index < -0.39 is 5.97 Å². The lowest BCUT2D eigenvalue weighted by atomic mass is 9.94. The van der Waals surface area contributed by atoms with Crippen molar-refractivity contribution in [3.05, 3.63) is 11.1 Å². The average Bonchev–Trinajstić information content (AvgIpc) is 2.71. The van der Waals surface area contributed by atoms with E-state index in [0.717, 1.165) is 19.5 Å². The number of aromatic carboxylic acids is 1. The van der Waals surface area contributed by atoms with Crippen molar-refractivity contribution in [2.75, 3.05) is 25.5 Å². The maximum absolute atomic E-state index is 10.7. The van der Waals surface area contributed by atoms with Crippen LogP contribution in [0.15, 0.2) is 6.20 Å². The number of nitrogens with zero attached hydrogens (tertiary/aromatic N) is 2. The Morgan fingerprint density at radius 2 is 2.47 bits per heavy atom. The van der Waals surface area contributed by atoms with E-state index in [9.17, 15) is 4.79 Å². The molecule has 1 aromatic heterocycles. The van der Waals surface area contributed by atoms with E-state index in [4.69, 9.17) is 5.11 Å². The van der Waals surface area contributed by atoms with Crippen molar-refractivity contribution in [2.45, 2.75) is 19.4 Å². The molecule has 1 fully saturated rings. The Morgan fingerprint density at radius 1 is 1.71 bits per heavy atom. The van der Waals surface area contributed by atoms with E-state index in [2.05, 4.69) is 29.2 Å². The number of hydrogen-bond donors (Lipinski definition) is 2. The molecule has 1 saturated heterocycles. The third-order valence-corrected chi connectivity index (χ3v) is 4.05. The summed E-state index contributed by atoms with van der Waals surface area (Å²) < 4.78 is 0. The van der Waals surface area contributed by atoms with E-state index in [1.165, 1.54) is 17.5 Å². The zero-order chi connectivity index (χ0) is 12.4. The number of carboxylic acids is 1. The molecule has 0 spiro atoms. The van der Waals surface area contributed by atoms with Crippen molar-refractivity contribution in [1.82, 2.24) is 9.88 Å². The first-order chi connectivity index (χ1) is 8.06. The lowest BCUT2D eigenvalue weighted by Gasteiger charge is -2.35. The van der Waals surface area contributed by atoms with Crippen molar-refractivity contribution in [1.29, 1.82) is 0 Å². The lowest BCUT2D eigenvalue weighted by molar-refractivity contribution is 0.0702. The number of piperidine rings is 1. The molecule has 0 aromatic carbocycles. The third-order valence-electron chi connectivity index (χ3n) is 3.13. The molecule has 1 aliphatic heterocycles. The summed E-state index contributed by atoms with van der Waals surface area (Å²) in [4.78, 5) is 17.4. The quantitative estimate of drug-likeness (QED) is 0.858. The molecular formula is C11H17N3O2S. The summed E-state index contributed by atoms with van der Waals surface area (Å²) in [5.41, 5.74) is 0. The van der Waals surface area contributed by atoms with E-state index in [-0.39, 0.29) is 4.88 Å². The largest absolute Gasteiger partial charge is 0.477 e. The van der Waals surface area contributed by atoms with Gasteiger partial charge in [-0.2, -0.15) is 0 Å². The van der Waals surface area contributed by atoms with Crippen molar-refractivity contribution in [3.63, 3.8) is 0 Å². The Hall–Kier alpha value is -1.14. The van der Waals surface area contributed by atoms with Gasteiger partial charge in [0.2, 0.25) is 0 Å². The zero-order valence-electron chi connectivity index (χ0n) is 10.0. The smallest absolute Gasteiger partial charge is 0.347 e. The minimum Gasteiger partial charge on any atom is -0.477 e. The summed E-state index contributed by atoms with van der Waals surface area (Å²) in [6.07, 6.45) is 2.48. The summed E-state index contributed by atoms with van der Waals surface area (Å²) >= 11 is 1.20. The van der Waals surface area contributed by atoms with Gasteiger partial charge in [0, 0.05) is 12.6 Å². The van der Waals surface area contributed by atoms with Crippen LogP contribution in [0, 0.1) is 5.92 Å². The molecule has 2 rings (SSSR count). The molecule has 1 aliphatic rings. The second-order valence-electron chi connectivity index (χ2n) is 4.61. The highest BCUT2D eigenvalue weighted by Crippen LogP contribution is 2.24. The molecule has 2 heterocycles. The monoisotopic (exact) mass is 255 g/mol. The molecular weight excluding hydrogens is 238 g/mol. The number of hydrogen-bond acceptors (Lipinski definition) is 5. The molecule has 6 heteroatoms. The number of likely N-dealkylation sites (tertiary alicyclic amines) is 1. The van der Waals surface area contributed by atoms with Crippen molar-refractivity contribution in [2.24, 2.45) is 5.92 Å². The summed E-state index contributed by atoms with van der Waals surface area (Å²) in [5.74, 6) is -0.363. The van der Waals surface area contributed by atoms with Gasteiger partial charge >= 0.3 is 5.97 Å². The van der Waals surface area contributed by atoms with Crippen LogP contribution in [0.3, 0.4) is 0 Å². The molecule has 0 aliphatic carbocycles.